The first-order chi connectivity index (χ1) is 14.5. The number of H-pyrrole nitrogens is 1. The van der Waals surface area contributed by atoms with Gasteiger partial charge in [0.1, 0.15) is 0 Å². The molecule has 0 unspecified atom stereocenters. The Bertz CT molecular complexity index is 1060. The summed E-state index contributed by atoms with van der Waals surface area (Å²) >= 11 is 0. The molecule has 3 rings (SSSR count). The highest BCUT2D eigenvalue weighted by Gasteiger charge is 2.17. The SMILES string of the molecule is CC/C(=C\C(=O)N(CCNC(=O)OC)c1ccc(C)cc1)c1[nH]nc2ncccc12. The first-order valence-electron chi connectivity index (χ1n) is 9.73. The molecule has 2 N–H and O–H groups in total. The van der Waals surface area contributed by atoms with Gasteiger partial charge < -0.3 is 15.0 Å². The average Bonchev–Trinajstić information content (AvgIpc) is 3.19. The van der Waals surface area contributed by atoms with Gasteiger partial charge in [0.25, 0.3) is 5.91 Å². The van der Waals surface area contributed by atoms with E-state index < -0.39 is 6.09 Å². The lowest BCUT2D eigenvalue weighted by atomic mass is 10.1. The third-order valence-electron chi connectivity index (χ3n) is 4.73. The largest absolute Gasteiger partial charge is 0.453 e. The van der Waals surface area contributed by atoms with Crippen LogP contribution in [0.4, 0.5) is 10.5 Å². The number of nitrogens with zero attached hydrogens (tertiary/aromatic N) is 3. The summed E-state index contributed by atoms with van der Waals surface area (Å²) in [6.07, 6.45) is 3.39. The van der Waals surface area contributed by atoms with Gasteiger partial charge in [-0.15, -0.1) is 0 Å². The average molecular weight is 407 g/mol. The van der Waals surface area contributed by atoms with E-state index in [-0.39, 0.29) is 12.5 Å². The summed E-state index contributed by atoms with van der Waals surface area (Å²) < 4.78 is 4.60. The standard InChI is InChI=1S/C22H25N5O3/c1-4-16(20-18-6-5-11-23-21(18)26-25-20)14-19(28)27(13-12-24-22(29)30-3)17-9-7-15(2)8-10-17/h5-11,14H,4,12-13H2,1-3H3,(H,24,29)(H,23,25,26)/b16-14+. The number of hydrogen-bond donors (Lipinski definition) is 2. The third-order valence-corrected chi connectivity index (χ3v) is 4.73. The van der Waals surface area contributed by atoms with Crippen LogP contribution in [0.5, 0.6) is 0 Å². The first kappa shape index (κ1) is 21.0. The number of amides is 2. The number of benzene rings is 1. The molecule has 0 aliphatic carbocycles. The lowest BCUT2D eigenvalue weighted by Crippen LogP contribution is -2.38. The highest BCUT2D eigenvalue weighted by molar-refractivity contribution is 6.07. The zero-order chi connectivity index (χ0) is 21.5. The number of pyridine rings is 1. The molecule has 156 valence electrons. The van der Waals surface area contributed by atoms with Crippen LogP contribution in [0.3, 0.4) is 0 Å². The number of allylic oxidation sites excluding steroid dienone is 1. The van der Waals surface area contributed by atoms with Gasteiger partial charge in [-0.25, -0.2) is 9.78 Å². The van der Waals surface area contributed by atoms with E-state index in [0.29, 0.717) is 18.6 Å². The fourth-order valence-corrected chi connectivity index (χ4v) is 3.11. The van der Waals surface area contributed by atoms with Gasteiger partial charge in [0, 0.05) is 36.4 Å². The molecule has 0 radical (unpaired) electrons. The minimum atomic E-state index is -0.535. The number of carbonyl (C=O) groups is 2. The van der Waals surface area contributed by atoms with Gasteiger partial charge in [-0.2, -0.15) is 5.10 Å². The lowest BCUT2D eigenvalue weighted by Gasteiger charge is -2.22. The van der Waals surface area contributed by atoms with Crippen LogP contribution in [0.2, 0.25) is 0 Å². The monoisotopic (exact) mass is 407 g/mol. The van der Waals surface area contributed by atoms with Gasteiger partial charge in [0.2, 0.25) is 0 Å². The van der Waals surface area contributed by atoms with E-state index in [1.165, 1.54) is 7.11 Å². The summed E-state index contributed by atoms with van der Waals surface area (Å²) in [7, 11) is 1.30. The second-order valence-corrected chi connectivity index (χ2v) is 6.74. The zero-order valence-corrected chi connectivity index (χ0v) is 17.3. The van der Waals surface area contributed by atoms with Crippen molar-refractivity contribution in [3.63, 3.8) is 0 Å². The number of ether oxygens (including phenoxy) is 1. The smallest absolute Gasteiger partial charge is 0.406 e. The summed E-state index contributed by atoms with van der Waals surface area (Å²) in [5, 5.41) is 10.7. The number of aromatic nitrogens is 3. The van der Waals surface area contributed by atoms with E-state index in [1.807, 2.05) is 50.2 Å². The molecule has 0 atom stereocenters. The maximum Gasteiger partial charge on any atom is 0.406 e. The minimum Gasteiger partial charge on any atom is -0.453 e. The van der Waals surface area contributed by atoms with Gasteiger partial charge in [0.05, 0.1) is 12.8 Å². The molecule has 1 aromatic carbocycles. The second-order valence-electron chi connectivity index (χ2n) is 6.74. The van der Waals surface area contributed by atoms with E-state index in [9.17, 15) is 9.59 Å². The van der Waals surface area contributed by atoms with Crippen molar-refractivity contribution in [1.82, 2.24) is 20.5 Å². The van der Waals surface area contributed by atoms with Crippen LogP contribution in [0.25, 0.3) is 16.6 Å². The Morgan fingerprint density at radius 2 is 2.00 bits per heavy atom. The van der Waals surface area contributed by atoms with E-state index in [0.717, 1.165) is 27.9 Å². The summed E-state index contributed by atoms with van der Waals surface area (Å²) in [5.41, 5.74) is 4.07. The zero-order valence-electron chi connectivity index (χ0n) is 17.3. The van der Waals surface area contributed by atoms with Crippen LogP contribution in [0.15, 0.2) is 48.7 Å². The van der Waals surface area contributed by atoms with Gasteiger partial charge in [-0.3, -0.25) is 9.89 Å². The molecule has 2 aromatic heterocycles. The van der Waals surface area contributed by atoms with Crippen molar-refractivity contribution < 1.29 is 14.3 Å². The molecule has 0 aliphatic heterocycles. The van der Waals surface area contributed by atoms with Crippen LogP contribution in [0.1, 0.15) is 24.6 Å². The van der Waals surface area contributed by atoms with Crippen LogP contribution in [-0.4, -0.2) is 47.4 Å². The van der Waals surface area contributed by atoms with Gasteiger partial charge >= 0.3 is 6.09 Å². The quantitative estimate of drug-likeness (QED) is 0.584. The predicted molar refractivity (Wildman–Crippen MR) is 116 cm³/mol. The van der Waals surface area contributed by atoms with Crippen LogP contribution >= 0.6 is 0 Å². The number of nitrogens with one attached hydrogen (secondary N) is 2. The second kappa shape index (κ2) is 9.69. The number of alkyl carbamates (subject to hydrolysis) is 1. The molecule has 2 heterocycles. The Kier molecular flexibility index (Phi) is 6.79. The Morgan fingerprint density at radius 3 is 2.70 bits per heavy atom. The van der Waals surface area contributed by atoms with Crippen molar-refractivity contribution >= 4 is 34.3 Å². The first-order valence-corrected chi connectivity index (χ1v) is 9.73. The fraction of sp³-hybridized carbons (Fsp3) is 0.273. The van der Waals surface area contributed by atoms with Crippen molar-refractivity contribution in [2.24, 2.45) is 0 Å². The molecule has 0 aliphatic rings. The molecule has 0 fully saturated rings. The molecule has 0 saturated heterocycles. The Balaban J connectivity index is 1.89. The number of methoxy groups -OCH3 is 1. The molecule has 0 spiro atoms. The van der Waals surface area contributed by atoms with Crippen molar-refractivity contribution in [3.8, 4) is 0 Å². The molecule has 0 saturated carbocycles. The molecule has 8 heteroatoms. The molecular formula is C22H25N5O3. The normalized spacial score (nSPS) is 11.4. The van der Waals surface area contributed by atoms with Gasteiger partial charge in [-0.1, -0.05) is 24.6 Å². The van der Waals surface area contributed by atoms with E-state index >= 15 is 0 Å². The summed E-state index contributed by atoms with van der Waals surface area (Å²) in [6.45, 7) is 4.53. The van der Waals surface area contributed by atoms with Crippen LogP contribution in [-0.2, 0) is 9.53 Å². The van der Waals surface area contributed by atoms with Crippen molar-refractivity contribution in [1.29, 1.82) is 0 Å². The van der Waals surface area contributed by atoms with E-state index in [2.05, 4.69) is 25.2 Å². The van der Waals surface area contributed by atoms with Crippen molar-refractivity contribution in [2.75, 3.05) is 25.1 Å². The van der Waals surface area contributed by atoms with Crippen LogP contribution < -0.4 is 10.2 Å². The molecule has 30 heavy (non-hydrogen) atoms. The lowest BCUT2D eigenvalue weighted by molar-refractivity contribution is -0.114. The number of rotatable bonds is 7. The Hall–Kier alpha value is -3.68. The summed E-state index contributed by atoms with van der Waals surface area (Å²) in [4.78, 5) is 30.5. The predicted octanol–water partition coefficient (Wildman–Crippen LogP) is 3.45. The van der Waals surface area contributed by atoms with Crippen molar-refractivity contribution in [2.45, 2.75) is 20.3 Å². The Labute approximate surface area is 174 Å². The number of hydrogen-bond acceptors (Lipinski definition) is 5. The maximum absolute atomic E-state index is 13.2. The number of anilines is 1. The number of carbonyl (C=O) groups excluding carboxylic acids is 2. The molecular weight excluding hydrogens is 382 g/mol. The molecule has 2 amide bonds. The van der Waals surface area contributed by atoms with E-state index in [4.69, 9.17) is 0 Å². The highest BCUT2D eigenvalue weighted by atomic mass is 16.5. The van der Waals surface area contributed by atoms with Gasteiger partial charge in [-0.05, 0) is 43.2 Å². The number of aryl methyl sites for hydroxylation is 1. The van der Waals surface area contributed by atoms with Crippen LogP contribution in [0, 0.1) is 6.92 Å². The highest BCUT2D eigenvalue weighted by Crippen LogP contribution is 2.24. The molecule has 0 bridgehead atoms. The minimum absolute atomic E-state index is 0.186. The van der Waals surface area contributed by atoms with Crippen molar-refractivity contribution in [3.05, 3.63) is 59.9 Å². The Morgan fingerprint density at radius 1 is 1.23 bits per heavy atom. The summed E-state index contributed by atoms with van der Waals surface area (Å²) in [6, 6.07) is 11.4. The number of aromatic amines is 1. The van der Waals surface area contributed by atoms with Gasteiger partial charge in [0.15, 0.2) is 5.65 Å². The molecule has 3 aromatic rings. The van der Waals surface area contributed by atoms with E-state index in [1.54, 1.807) is 17.2 Å². The summed E-state index contributed by atoms with van der Waals surface area (Å²) in [5.74, 6) is -0.186. The topological polar surface area (TPSA) is 100 Å². The number of fused-ring (bicyclic) bond motifs is 1. The maximum atomic E-state index is 13.2. The fourth-order valence-electron chi connectivity index (χ4n) is 3.11. The third kappa shape index (κ3) is 4.83. The molecule has 8 nitrogen and oxygen atoms in total.